The zero-order valence-corrected chi connectivity index (χ0v) is 11.3. The number of benzene rings is 1. The molecule has 0 aliphatic heterocycles. The molecule has 0 aliphatic rings. The Morgan fingerprint density at radius 1 is 1.20 bits per heavy atom. The molecule has 20 heavy (non-hydrogen) atoms. The summed E-state index contributed by atoms with van der Waals surface area (Å²) in [4.78, 5) is 16.3. The number of carbonyl (C=O) groups is 1. The van der Waals surface area contributed by atoms with E-state index < -0.39 is 0 Å². The van der Waals surface area contributed by atoms with Crippen LogP contribution in [0.2, 0.25) is 5.02 Å². The van der Waals surface area contributed by atoms with Crippen molar-refractivity contribution >= 4 is 28.8 Å². The molecule has 5 heteroatoms. The number of amides is 1. The number of imidazole rings is 1. The second kappa shape index (κ2) is 5.35. The largest absolute Gasteiger partial charge is 0.326 e. The minimum atomic E-state index is -0.101. The lowest BCUT2D eigenvalue weighted by Crippen LogP contribution is -2.14. The van der Waals surface area contributed by atoms with Crippen molar-refractivity contribution in [1.29, 1.82) is 0 Å². The Morgan fingerprint density at radius 2 is 2.00 bits per heavy atom. The van der Waals surface area contributed by atoms with Crippen molar-refractivity contribution in [2.45, 2.75) is 6.42 Å². The molecule has 0 radical (unpaired) electrons. The SMILES string of the molecule is O=C(Cc1cn2ccccc2n1)Nc1ccc(Cl)cc1. The van der Waals surface area contributed by atoms with Crippen LogP contribution < -0.4 is 5.32 Å². The molecule has 2 heterocycles. The predicted molar refractivity (Wildman–Crippen MR) is 79.0 cm³/mol. The average Bonchev–Trinajstić information content (AvgIpc) is 2.83. The molecule has 100 valence electrons. The zero-order chi connectivity index (χ0) is 13.9. The summed E-state index contributed by atoms with van der Waals surface area (Å²) >= 11 is 5.80. The molecular formula is C15H12ClN3O. The minimum absolute atomic E-state index is 0.101. The first-order valence-corrected chi connectivity index (χ1v) is 6.56. The number of anilines is 1. The number of hydrogen-bond acceptors (Lipinski definition) is 2. The van der Waals surface area contributed by atoms with Crippen molar-refractivity contribution in [2.75, 3.05) is 5.32 Å². The van der Waals surface area contributed by atoms with E-state index in [2.05, 4.69) is 10.3 Å². The van der Waals surface area contributed by atoms with Gasteiger partial charge in [-0.2, -0.15) is 0 Å². The van der Waals surface area contributed by atoms with Crippen LogP contribution in [0.5, 0.6) is 0 Å². The van der Waals surface area contributed by atoms with Crippen molar-refractivity contribution in [2.24, 2.45) is 0 Å². The number of nitrogens with one attached hydrogen (secondary N) is 1. The zero-order valence-electron chi connectivity index (χ0n) is 10.6. The van der Waals surface area contributed by atoms with Gasteiger partial charge in [0.15, 0.2) is 0 Å². The summed E-state index contributed by atoms with van der Waals surface area (Å²) in [6.07, 6.45) is 4.00. The summed E-state index contributed by atoms with van der Waals surface area (Å²) in [5, 5.41) is 3.46. The highest BCUT2D eigenvalue weighted by Gasteiger charge is 2.07. The maximum absolute atomic E-state index is 12.0. The number of hydrogen-bond donors (Lipinski definition) is 1. The molecule has 0 bridgehead atoms. The van der Waals surface area contributed by atoms with Crippen LogP contribution in [0.15, 0.2) is 54.9 Å². The molecule has 1 N–H and O–H groups in total. The van der Waals surface area contributed by atoms with Gasteiger partial charge in [0.2, 0.25) is 5.91 Å². The predicted octanol–water partition coefficient (Wildman–Crippen LogP) is 3.17. The molecule has 0 unspecified atom stereocenters. The van der Waals surface area contributed by atoms with E-state index in [0.29, 0.717) is 5.02 Å². The highest BCUT2D eigenvalue weighted by molar-refractivity contribution is 6.30. The van der Waals surface area contributed by atoms with Crippen LogP contribution in [0.1, 0.15) is 5.69 Å². The smallest absolute Gasteiger partial charge is 0.230 e. The van der Waals surface area contributed by atoms with Crippen LogP contribution in [0.25, 0.3) is 5.65 Å². The van der Waals surface area contributed by atoms with Gasteiger partial charge in [0.05, 0.1) is 12.1 Å². The number of halogens is 1. The first-order chi connectivity index (χ1) is 9.70. The normalized spacial score (nSPS) is 10.7. The van der Waals surface area contributed by atoms with Crippen LogP contribution >= 0.6 is 11.6 Å². The van der Waals surface area contributed by atoms with Gasteiger partial charge in [-0.3, -0.25) is 4.79 Å². The van der Waals surface area contributed by atoms with Gasteiger partial charge in [-0.25, -0.2) is 4.98 Å². The molecule has 0 saturated carbocycles. The molecule has 3 rings (SSSR count). The number of nitrogens with zero attached hydrogens (tertiary/aromatic N) is 2. The van der Waals surface area contributed by atoms with Gasteiger partial charge in [0, 0.05) is 23.1 Å². The minimum Gasteiger partial charge on any atom is -0.326 e. The second-order valence-electron chi connectivity index (χ2n) is 4.43. The van der Waals surface area contributed by atoms with E-state index in [-0.39, 0.29) is 12.3 Å². The molecule has 2 aromatic heterocycles. The lowest BCUT2D eigenvalue weighted by atomic mass is 10.3. The van der Waals surface area contributed by atoms with Gasteiger partial charge >= 0.3 is 0 Å². The van der Waals surface area contributed by atoms with Crippen LogP contribution in [0, 0.1) is 0 Å². The Bertz CT molecular complexity index is 716. The Hall–Kier alpha value is -2.33. The van der Waals surface area contributed by atoms with Crippen molar-refractivity contribution in [3.8, 4) is 0 Å². The van der Waals surface area contributed by atoms with E-state index in [1.54, 1.807) is 24.3 Å². The van der Waals surface area contributed by atoms with Crippen LogP contribution in [0.4, 0.5) is 5.69 Å². The molecule has 0 spiro atoms. The Balaban J connectivity index is 1.70. The fourth-order valence-corrected chi connectivity index (χ4v) is 2.10. The molecule has 0 aliphatic carbocycles. The van der Waals surface area contributed by atoms with Gasteiger partial charge < -0.3 is 9.72 Å². The standard InChI is InChI=1S/C15H12ClN3O/c16-11-4-6-12(7-5-11)18-15(20)9-13-10-19-8-2-1-3-14(19)17-13/h1-8,10H,9H2,(H,18,20). The lowest BCUT2D eigenvalue weighted by Gasteiger charge is -2.03. The summed E-state index contributed by atoms with van der Waals surface area (Å²) in [5.74, 6) is -0.101. The van der Waals surface area contributed by atoms with Crippen molar-refractivity contribution in [1.82, 2.24) is 9.38 Å². The first kappa shape index (κ1) is 12.7. The van der Waals surface area contributed by atoms with E-state index in [1.807, 2.05) is 35.0 Å². The van der Waals surface area contributed by atoms with Gasteiger partial charge in [-0.15, -0.1) is 0 Å². The summed E-state index contributed by atoms with van der Waals surface area (Å²) in [7, 11) is 0. The summed E-state index contributed by atoms with van der Waals surface area (Å²) in [5.41, 5.74) is 2.30. The van der Waals surface area contributed by atoms with Gasteiger partial charge in [0.1, 0.15) is 5.65 Å². The van der Waals surface area contributed by atoms with Crippen LogP contribution in [-0.4, -0.2) is 15.3 Å². The first-order valence-electron chi connectivity index (χ1n) is 6.19. The number of rotatable bonds is 3. The van der Waals surface area contributed by atoms with Crippen LogP contribution in [0.3, 0.4) is 0 Å². The Labute approximate surface area is 121 Å². The molecule has 1 amide bonds. The topological polar surface area (TPSA) is 46.4 Å². The summed E-state index contributed by atoms with van der Waals surface area (Å²) < 4.78 is 1.89. The van der Waals surface area contributed by atoms with Crippen LogP contribution in [-0.2, 0) is 11.2 Å². The molecule has 0 fully saturated rings. The highest BCUT2D eigenvalue weighted by atomic mass is 35.5. The average molecular weight is 286 g/mol. The lowest BCUT2D eigenvalue weighted by molar-refractivity contribution is -0.115. The monoisotopic (exact) mass is 285 g/mol. The van der Waals surface area contributed by atoms with Gasteiger partial charge in [0.25, 0.3) is 0 Å². The van der Waals surface area contributed by atoms with E-state index in [1.165, 1.54) is 0 Å². The molecule has 4 nitrogen and oxygen atoms in total. The number of aromatic nitrogens is 2. The maximum atomic E-state index is 12.0. The van der Waals surface area contributed by atoms with E-state index in [9.17, 15) is 4.79 Å². The third-order valence-electron chi connectivity index (χ3n) is 2.88. The Kier molecular flexibility index (Phi) is 3.39. The van der Waals surface area contributed by atoms with Crippen molar-refractivity contribution in [3.05, 3.63) is 65.6 Å². The molecule has 3 aromatic rings. The third kappa shape index (κ3) is 2.81. The van der Waals surface area contributed by atoms with Gasteiger partial charge in [-0.1, -0.05) is 17.7 Å². The molecule has 1 aromatic carbocycles. The molecule has 0 saturated heterocycles. The molecular weight excluding hydrogens is 274 g/mol. The quantitative estimate of drug-likeness (QED) is 0.803. The third-order valence-corrected chi connectivity index (χ3v) is 3.14. The fourth-order valence-electron chi connectivity index (χ4n) is 1.98. The maximum Gasteiger partial charge on any atom is 0.230 e. The van der Waals surface area contributed by atoms with E-state index in [0.717, 1.165) is 17.0 Å². The van der Waals surface area contributed by atoms with E-state index >= 15 is 0 Å². The van der Waals surface area contributed by atoms with Crippen molar-refractivity contribution in [3.63, 3.8) is 0 Å². The fraction of sp³-hybridized carbons (Fsp3) is 0.0667. The number of carbonyl (C=O) groups excluding carboxylic acids is 1. The summed E-state index contributed by atoms with van der Waals surface area (Å²) in [6.45, 7) is 0. The van der Waals surface area contributed by atoms with Crippen molar-refractivity contribution < 1.29 is 4.79 Å². The second-order valence-corrected chi connectivity index (χ2v) is 4.87. The summed E-state index contributed by atoms with van der Waals surface area (Å²) in [6, 6.07) is 12.8. The highest BCUT2D eigenvalue weighted by Crippen LogP contribution is 2.14. The molecule has 0 atom stereocenters. The van der Waals surface area contributed by atoms with Gasteiger partial charge in [-0.05, 0) is 36.4 Å². The van der Waals surface area contributed by atoms with E-state index in [4.69, 9.17) is 11.6 Å². The number of pyridine rings is 1. The Morgan fingerprint density at radius 3 is 2.75 bits per heavy atom. The number of fused-ring (bicyclic) bond motifs is 1.